The van der Waals surface area contributed by atoms with Gasteiger partial charge >= 0.3 is 0 Å². The zero-order valence-electron chi connectivity index (χ0n) is 20.5. The zero-order valence-corrected chi connectivity index (χ0v) is 20.5. The number of ketones is 2. The summed E-state index contributed by atoms with van der Waals surface area (Å²) < 4.78 is 0. The van der Waals surface area contributed by atoms with E-state index < -0.39 is 61.2 Å². The molecule has 198 valence electrons. The van der Waals surface area contributed by atoms with Gasteiger partial charge in [-0.25, -0.2) is 0 Å². The molecule has 12 heteroatoms. The maximum atomic E-state index is 13.6. The first-order valence-corrected chi connectivity index (χ1v) is 11.6. The molecule has 1 aliphatic heterocycles. The van der Waals surface area contributed by atoms with E-state index in [1.165, 1.54) is 31.2 Å². The summed E-state index contributed by atoms with van der Waals surface area (Å²) in [4.78, 5) is 89.2. The average Bonchev–Trinajstić information content (AvgIpc) is 3.02. The number of anilines is 2. The molecule has 0 saturated heterocycles. The molecule has 0 aromatic heterocycles. The van der Waals surface area contributed by atoms with Crippen molar-refractivity contribution >= 4 is 52.9 Å². The number of para-hydroxylation sites is 2. The minimum absolute atomic E-state index is 0.0826. The maximum absolute atomic E-state index is 13.6. The van der Waals surface area contributed by atoms with Crippen LogP contribution in [0.2, 0.25) is 0 Å². The van der Waals surface area contributed by atoms with Crippen molar-refractivity contribution in [1.82, 2.24) is 10.6 Å². The Kier molecular flexibility index (Phi) is 9.17. The van der Waals surface area contributed by atoms with Crippen LogP contribution in [0.15, 0.2) is 54.6 Å². The molecule has 0 aliphatic carbocycles. The third-order valence-electron chi connectivity index (χ3n) is 5.70. The van der Waals surface area contributed by atoms with Crippen molar-refractivity contribution in [2.45, 2.75) is 25.4 Å². The Morgan fingerprint density at radius 2 is 1.66 bits per heavy atom. The smallest absolute Gasteiger partial charge is 0.293 e. The van der Waals surface area contributed by atoms with Crippen LogP contribution < -0.4 is 20.4 Å². The van der Waals surface area contributed by atoms with Crippen LogP contribution in [-0.2, 0) is 28.8 Å². The Balaban J connectivity index is 1.95. The molecule has 1 heterocycles. The molecule has 0 radical (unpaired) electrons. The van der Waals surface area contributed by atoms with Crippen LogP contribution in [0.3, 0.4) is 0 Å². The lowest BCUT2D eigenvalue weighted by Gasteiger charge is -2.25. The van der Waals surface area contributed by atoms with Crippen molar-refractivity contribution in [2.75, 3.05) is 29.5 Å². The molecular formula is C26H26N4O8. The van der Waals surface area contributed by atoms with Gasteiger partial charge in [-0.05, 0) is 19.1 Å². The molecule has 0 saturated carbocycles. The van der Waals surface area contributed by atoms with Gasteiger partial charge in [0, 0.05) is 12.0 Å². The van der Waals surface area contributed by atoms with E-state index in [2.05, 4.69) is 10.6 Å². The van der Waals surface area contributed by atoms with E-state index in [0.29, 0.717) is 6.29 Å². The average molecular weight is 523 g/mol. The number of amides is 4. The summed E-state index contributed by atoms with van der Waals surface area (Å²) in [5.74, 6) is -4.73. The topological polar surface area (TPSA) is 170 Å². The summed E-state index contributed by atoms with van der Waals surface area (Å²) in [5.41, 5.74) is 0.378. The largest absolute Gasteiger partial charge is 0.387 e. The summed E-state index contributed by atoms with van der Waals surface area (Å²) in [6.07, 6.45) is 0.163. The maximum Gasteiger partial charge on any atom is 0.293 e. The SMILES string of the molecule is CC(=O)C[C@@H](C=O)NC(=O)CN1C(=O)[C@@H](NC(=O)C(=O)c2ccccc2)CN(C(=O)CO)c2ccccc21. The lowest BCUT2D eigenvalue weighted by atomic mass is 10.1. The van der Waals surface area contributed by atoms with Gasteiger partial charge in [0.15, 0.2) is 0 Å². The fraction of sp³-hybridized carbons (Fsp3) is 0.269. The van der Waals surface area contributed by atoms with Crippen molar-refractivity contribution in [1.29, 1.82) is 0 Å². The van der Waals surface area contributed by atoms with E-state index in [1.807, 2.05) is 0 Å². The van der Waals surface area contributed by atoms with Crippen molar-refractivity contribution < 1.29 is 38.7 Å². The number of carbonyl (C=O) groups excluding carboxylic acids is 7. The number of rotatable bonds is 10. The van der Waals surface area contributed by atoms with Gasteiger partial charge in [0.1, 0.15) is 31.3 Å². The van der Waals surface area contributed by atoms with Gasteiger partial charge in [-0.15, -0.1) is 0 Å². The normalized spacial score (nSPS) is 15.5. The van der Waals surface area contributed by atoms with E-state index in [9.17, 15) is 38.7 Å². The molecule has 3 N–H and O–H groups in total. The summed E-state index contributed by atoms with van der Waals surface area (Å²) >= 11 is 0. The molecular weight excluding hydrogens is 496 g/mol. The summed E-state index contributed by atoms with van der Waals surface area (Å²) in [5, 5.41) is 14.2. The van der Waals surface area contributed by atoms with Crippen molar-refractivity contribution in [3.63, 3.8) is 0 Å². The van der Waals surface area contributed by atoms with Crippen LogP contribution in [0, 0.1) is 0 Å². The van der Waals surface area contributed by atoms with Gasteiger partial charge in [0.2, 0.25) is 11.7 Å². The number of aldehydes is 1. The second-order valence-electron chi connectivity index (χ2n) is 8.51. The fourth-order valence-corrected chi connectivity index (χ4v) is 3.96. The summed E-state index contributed by atoms with van der Waals surface area (Å²) in [6, 6.07) is 11.2. The van der Waals surface area contributed by atoms with Crippen molar-refractivity contribution in [3.05, 3.63) is 60.2 Å². The number of benzene rings is 2. The van der Waals surface area contributed by atoms with E-state index in [1.54, 1.807) is 30.3 Å². The Morgan fingerprint density at radius 3 is 2.26 bits per heavy atom. The Bertz CT molecular complexity index is 1260. The molecule has 12 nitrogen and oxygen atoms in total. The minimum atomic E-state index is -1.47. The molecule has 1 aliphatic rings. The third-order valence-corrected chi connectivity index (χ3v) is 5.70. The molecule has 2 aromatic rings. The molecule has 2 atom stereocenters. The summed E-state index contributed by atoms with van der Waals surface area (Å²) in [7, 11) is 0. The highest BCUT2D eigenvalue weighted by Crippen LogP contribution is 2.32. The van der Waals surface area contributed by atoms with Crippen molar-refractivity contribution in [3.8, 4) is 0 Å². The number of nitrogens with zero attached hydrogens (tertiary/aromatic N) is 2. The monoisotopic (exact) mass is 522 g/mol. The molecule has 3 rings (SSSR count). The highest BCUT2D eigenvalue weighted by atomic mass is 16.3. The molecule has 4 amide bonds. The summed E-state index contributed by atoms with van der Waals surface area (Å²) in [6.45, 7) is -0.701. The van der Waals surface area contributed by atoms with Gasteiger partial charge in [-0.3, -0.25) is 33.7 Å². The van der Waals surface area contributed by atoms with E-state index in [-0.39, 0.29) is 29.1 Å². The van der Waals surface area contributed by atoms with Gasteiger partial charge < -0.3 is 25.4 Å². The predicted octanol–water partition coefficient (Wildman–Crippen LogP) is -0.611. The van der Waals surface area contributed by atoms with Crippen LogP contribution in [0.25, 0.3) is 0 Å². The quantitative estimate of drug-likeness (QED) is 0.211. The van der Waals surface area contributed by atoms with Crippen LogP contribution in [0.4, 0.5) is 11.4 Å². The number of Topliss-reactive ketones (excluding diaryl/α,β-unsaturated/α-hetero) is 2. The van der Waals surface area contributed by atoms with E-state index in [4.69, 9.17) is 0 Å². The lowest BCUT2D eigenvalue weighted by molar-refractivity contribution is -0.128. The van der Waals surface area contributed by atoms with E-state index >= 15 is 0 Å². The van der Waals surface area contributed by atoms with Gasteiger partial charge in [0.05, 0.1) is 24.0 Å². The highest BCUT2D eigenvalue weighted by Gasteiger charge is 2.38. The van der Waals surface area contributed by atoms with Crippen LogP contribution in [0.5, 0.6) is 0 Å². The van der Waals surface area contributed by atoms with E-state index in [0.717, 1.165) is 9.80 Å². The molecule has 0 unspecified atom stereocenters. The van der Waals surface area contributed by atoms with Crippen molar-refractivity contribution in [2.24, 2.45) is 0 Å². The van der Waals surface area contributed by atoms with Gasteiger partial charge in [0.25, 0.3) is 17.7 Å². The molecule has 0 bridgehead atoms. The number of aliphatic hydroxyl groups is 1. The number of carbonyl (C=O) groups is 7. The second kappa shape index (κ2) is 12.5. The Morgan fingerprint density at radius 1 is 1.03 bits per heavy atom. The highest BCUT2D eigenvalue weighted by molar-refractivity contribution is 6.43. The number of aliphatic hydroxyl groups excluding tert-OH is 1. The first-order valence-electron chi connectivity index (χ1n) is 11.6. The standard InChI is InChI=1S/C26H26N4O8/c1-16(33)11-18(14-31)27-22(34)13-30-21-10-6-5-9-20(21)29(23(35)15-32)12-19(26(30)38)28-25(37)24(36)17-7-3-2-4-8-17/h2-10,14,18-19,32H,11-13,15H2,1H3,(H,27,34)(H,28,37)/t18-,19-/m0/s1. The molecule has 0 fully saturated rings. The lowest BCUT2D eigenvalue weighted by Crippen LogP contribution is -2.56. The first kappa shape index (κ1) is 27.9. The first-order chi connectivity index (χ1) is 18.2. The van der Waals surface area contributed by atoms with Gasteiger partial charge in [-0.2, -0.15) is 0 Å². The molecule has 2 aromatic carbocycles. The molecule has 0 spiro atoms. The molecule has 38 heavy (non-hydrogen) atoms. The van der Waals surface area contributed by atoms with Crippen LogP contribution in [-0.4, -0.2) is 78.4 Å². The number of fused-ring (bicyclic) bond motifs is 1. The van der Waals surface area contributed by atoms with Gasteiger partial charge in [-0.1, -0.05) is 42.5 Å². The number of hydrogen-bond donors (Lipinski definition) is 3. The third kappa shape index (κ3) is 6.53. The number of hydrogen-bond acceptors (Lipinski definition) is 8. The Labute approximate surface area is 217 Å². The number of nitrogens with one attached hydrogen (secondary N) is 2. The zero-order chi connectivity index (χ0) is 27.8. The fourth-order valence-electron chi connectivity index (χ4n) is 3.96. The second-order valence-corrected chi connectivity index (χ2v) is 8.51. The predicted molar refractivity (Wildman–Crippen MR) is 134 cm³/mol. The van der Waals surface area contributed by atoms with Crippen LogP contribution in [0.1, 0.15) is 23.7 Å². The minimum Gasteiger partial charge on any atom is -0.387 e. The van der Waals surface area contributed by atoms with Crippen LogP contribution >= 0.6 is 0 Å². The Hall–Kier alpha value is -4.71.